The van der Waals surface area contributed by atoms with Crippen molar-refractivity contribution in [3.05, 3.63) is 249 Å². The molecule has 2 heterocycles. The summed E-state index contributed by atoms with van der Waals surface area (Å²) in [5.74, 6) is 0. The van der Waals surface area contributed by atoms with Crippen LogP contribution in [0.4, 0.5) is 34.1 Å². The summed E-state index contributed by atoms with van der Waals surface area (Å²) in [7, 11) is 0. The quantitative estimate of drug-likeness (QED) is 0.151. The Labute approximate surface area is 377 Å². The summed E-state index contributed by atoms with van der Waals surface area (Å²) < 4.78 is 2.52. The molecule has 11 aromatic carbocycles. The van der Waals surface area contributed by atoms with Crippen LogP contribution in [0.2, 0.25) is 0 Å². The van der Waals surface area contributed by atoms with E-state index in [9.17, 15) is 0 Å². The number of rotatable bonds is 8. The molecule has 13 aromatic rings. The molecule has 3 nitrogen and oxygen atoms in total. The number of nitrogens with zero attached hydrogens (tertiary/aromatic N) is 3. The Morgan fingerprint density at radius 1 is 0.231 bits per heavy atom. The van der Waals surface area contributed by atoms with E-state index in [-0.39, 0.29) is 0 Å². The van der Waals surface area contributed by atoms with Crippen LogP contribution in [0.3, 0.4) is 0 Å². The average molecular weight is 828 g/mol. The second kappa shape index (κ2) is 15.0. The van der Waals surface area contributed by atoms with Gasteiger partial charge in [-0.2, -0.15) is 0 Å². The molecule has 0 radical (unpaired) electrons. The van der Waals surface area contributed by atoms with Gasteiger partial charge in [-0.05, 0) is 141 Å². The van der Waals surface area contributed by atoms with Crippen molar-refractivity contribution in [1.29, 1.82) is 0 Å². The van der Waals surface area contributed by atoms with E-state index in [1.807, 2.05) is 0 Å². The highest BCUT2D eigenvalue weighted by Gasteiger charge is 2.21. The lowest BCUT2D eigenvalue weighted by molar-refractivity contribution is 1.29. The van der Waals surface area contributed by atoms with Crippen molar-refractivity contribution >= 4 is 93.8 Å². The fraction of sp³-hybridized carbons (Fsp3) is 0. The molecule has 304 valence electrons. The summed E-state index contributed by atoms with van der Waals surface area (Å²) >= 11 is 0. The van der Waals surface area contributed by atoms with Crippen LogP contribution in [-0.4, -0.2) is 4.40 Å². The second-order valence-electron chi connectivity index (χ2n) is 17.0. The molecule has 0 fully saturated rings. The lowest BCUT2D eigenvalue weighted by Crippen LogP contribution is -2.09. The smallest absolute Gasteiger partial charge is 0.0620 e. The Morgan fingerprint density at radius 2 is 0.600 bits per heavy atom. The Bertz CT molecular complexity index is 3630. The van der Waals surface area contributed by atoms with Gasteiger partial charge in [-0.25, -0.2) is 0 Å². The van der Waals surface area contributed by atoms with Gasteiger partial charge in [-0.3, -0.25) is 0 Å². The Kier molecular flexibility index (Phi) is 8.53. The molecule has 0 aliphatic heterocycles. The largest absolute Gasteiger partial charge is 0.310 e. The first-order valence-electron chi connectivity index (χ1n) is 22.3. The minimum absolute atomic E-state index is 1.11. The molecule has 13 rings (SSSR count). The molecule has 0 aliphatic rings. The van der Waals surface area contributed by atoms with E-state index >= 15 is 0 Å². The molecule has 0 saturated heterocycles. The summed E-state index contributed by atoms with van der Waals surface area (Å²) in [5.41, 5.74) is 15.2. The van der Waals surface area contributed by atoms with Crippen LogP contribution in [-0.2, 0) is 0 Å². The maximum Gasteiger partial charge on any atom is 0.0620 e. The van der Waals surface area contributed by atoms with Gasteiger partial charge < -0.3 is 14.2 Å². The maximum absolute atomic E-state index is 2.52. The van der Waals surface area contributed by atoms with E-state index in [2.05, 4.69) is 263 Å². The van der Waals surface area contributed by atoms with Crippen LogP contribution in [0, 0.1) is 0 Å². The minimum Gasteiger partial charge on any atom is -0.310 e. The van der Waals surface area contributed by atoms with E-state index in [4.69, 9.17) is 0 Å². The van der Waals surface area contributed by atoms with Crippen molar-refractivity contribution in [3.63, 3.8) is 0 Å². The van der Waals surface area contributed by atoms with Gasteiger partial charge in [-0.1, -0.05) is 152 Å². The topological polar surface area (TPSA) is 10.9 Å². The van der Waals surface area contributed by atoms with Gasteiger partial charge >= 0.3 is 0 Å². The standard InChI is InChI=1S/C62H41N3/c1-5-16-42(17-6-1)44-20-13-26-52(34-44)63(50-22-9-3-10-23-50)54-32-30-46-38-58-56-28-15-29-57-59-39-47-31-33-55(37-49(47)41-61(59)65(62(56)57)60(58)40-48(46)36-54)64(51-24-11-4-12-25-51)53-27-14-21-45(35-53)43-18-7-2-8-19-43/h1-41H. The number of anilines is 6. The molecule has 0 N–H and O–H groups in total. The molecule has 0 aliphatic carbocycles. The van der Waals surface area contributed by atoms with Crippen LogP contribution in [0.25, 0.3) is 81.9 Å². The molecular formula is C62H41N3. The molecule has 0 unspecified atom stereocenters. The van der Waals surface area contributed by atoms with Crippen LogP contribution in [0.15, 0.2) is 249 Å². The number of aromatic nitrogens is 1. The predicted molar refractivity (Wildman–Crippen MR) is 276 cm³/mol. The highest BCUT2D eigenvalue weighted by molar-refractivity contribution is 6.26. The lowest BCUT2D eigenvalue weighted by Gasteiger charge is -2.26. The number of hydrogen-bond donors (Lipinski definition) is 0. The zero-order valence-electron chi connectivity index (χ0n) is 35.5. The third kappa shape index (κ3) is 6.20. The van der Waals surface area contributed by atoms with Crippen molar-refractivity contribution in [2.45, 2.75) is 0 Å². The van der Waals surface area contributed by atoms with Gasteiger partial charge in [0.15, 0.2) is 0 Å². The summed E-state index contributed by atoms with van der Waals surface area (Å²) in [6.07, 6.45) is 0. The van der Waals surface area contributed by atoms with Crippen molar-refractivity contribution in [2.24, 2.45) is 0 Å². The number of para-hydroxylation sites is 3. The van der Waals surface area contributed by atoms with Gasteiger partial charge in [0.1, 0.15) is 0 Å². The number of hydrogen-bond acceptors (Lipinski definition) is 2. The summed E-state index contributed by atoms with van der Waals surface area (Å²) in [6, 6.07) is 90.6. The second-order valence-corrected chi connectivity index (χ2v) is 17.0. The third-order valence-corrected chi connectivity index (χ3v) is 13.2. The van der Waals surface area contributed by atoms with Gasteiger partial charge in [0.05, 0.1) is 16.6 Å². The normalized spacial score (nSPS) is 11.7. The zero-order valence-corrected chi connectivity index (χ0v) is 35.5. The fourth-order valence-corrected chi connectivity index (χ4v) is 10.2. The number of fused-ring (bicyclic) bond motifs is 8. The molecule has 3 heteroatoms. The van der Waals surface area contributed by atoms with E-state index in [1.54, 1.807) is 0 Å². The zero-order chi connectivity index (χ0) is 42.8. The highest BCUT2D eigenvalue weighted by atomic mass is 15.1. The summed E-state index contributed by atoms with van der Waals surface area (Å²) in [6.45, 7) is 0. The lowest BCUT2D eigenvalue weighted by atomic mass is 10.0. The molecule has 0 atom stereocenters. The molecule has 0 spiro atoms. The average Bonchev–Trinajstić information content (AvgIpc) is 3.87. The first-order chi connectivity index (χ1) is 32.2. The van der Waals surface area contributed by atoms with Gasteiger partial charge in [0, 0.05) is 55.7 Å². The molecule has 0 amide bonds. The monoisotopic (exact) mass is 827 g/mol. The third-order valence-electron chi connectivity index (χ3n) is 13.2. The van der Waals surface area contributed by atoms with E-state index < -0.39 is 0 Å². The molecule has 65 heavy (non-hydrogen) atoms. The van der Waals surface area contributed by atoms with Crippen molar-refractivity contribution in [2.75, 3.05) is 9.80 Å². The highest BCUT2D eigenvalue weighted by Crippen LogP contribution is 2.45. The minimum atomic E-state index is 1.11. The predicted octanol–water partition coefficient (Wildman–Crippen LogP) is 17.4. The van der Waals surface area contributed by atoms with Crippen LogP contribution < -0.4 is 9.80 Å². The van der Waals surface area contributed by atoms with E-state index in [0.717, 1.165) is 34.1 Å². The number of benzene rings is 11. The van der Waals surface area contributed by atoms with Crippen molar-refractivity contribution in [1.82, 2.24) is 4.40 Å². The summed E-state index contributed by atoms with van der Waals surface area (Å²) in [5, 5.41) is 9.93. The van der Waals surface area contributed by atoms with Crippen molar-refractivity contribution in [3.8, 4) is 22.3 Å². The van der Waals surface area contributed by atoms with Gasteiger partial charge in [0.25, 0.3) is 0 Å². The van der Waals surface area contributed by atoms with Crippen LogP contribution in [0.1, 0.15) is 0 Å². The molecule has 2 aromatic heterocycles. The van der Waals surface area contributed by atoms with Crippen LogP contribution >= 0.6 is 0 Å². The first kappa shape index (κ1) is 36.9. The summed E-state index contributed by atoms with van der Waals surface area (Å²) in [4.78, 5) is 4.75. The van der Waals surface area contributed by atoms with E-state index in [1.165, 1.54) is 81.9 Å². The Hall–Kier alpha value is -8.66. The van der Waals surface area contributed by atoms with Gasteiger partial charge in [-0.15, -0.1) is 0 Å². The van der Waals surface area contributed by atoms with Gasteiger partial charge in [0.2, 0.25) is 0 Å². The fourth-order valence-electron chi connectivity index (χ4n) is 10.2. The Morgan fingerprint density at radius 3 is 1.05 bits per heavy atom. The molecule has 0 bridgehead atoms. The molecule has 0 saturated carbocycles. The molecular weight excluding hydrogens is 787 g/mol. The van der Waals surface area contributed by atoms with Crippen LogP contribution in [0.5, 0.6) is 0 Å². The maximum atomic E-state index is 2.52. The Balaban J connectivity index is 0.981. The van der Waals surface area contributed by atoms with Crippen molar-refractivity contribution < 1.29 is 0 Å². The first-order valence-corrected chi connectivity index (χ1v) is 22.3. The van der Waals surface area contributed by atoms with E-state index in [0.29, 0.717) is 0 Å². The SMILES string of the molecule is c1ccc(-c2cccc(N(c3ccccc3)c3ccc4cc5c6cccc7c8cc9ccc(N(c%10ccccc%10)c%10cccc(-c%11ccccc%11)c%10)cc9cc8n(c5cc4c3)c67)c2)cc1.